The summed E-state index contributed by atoms with van der Waals surface area (Å²) in [5.74, 6) is 1.64. The summed E-state index contributed by atoms with van der Waals surface area (Å²) in [5.41, 5.74) is 1.43. The molecule has 0 aliphatic carbocycles. The number of nitrogens with zero attached hydrogens (tertiary/aromatic N) is 1. The van der Waals surface area contributed by atoms with Crippen LogP contribution < -0.4 is 10.6 Å². The van der Waals surface area contributed by atoms with Crippen LogP contribution in [0.5, 0.6) is 0 Å². The Morgan fingerprint density at radius 2 is 1.96 bits per heavy atom. The van der Waals surface area contributed by atoms with Gasteiger partial charge in [-0.15, -0.1) is 6.42 Å². The molecule has 0 fully saturated rings. The van der Waals surface area contributed by atoms with Crippen LogP contribution in [0.25, 0.3) is 6.08 Å². The van der Waals surface area contributed by atoms with Gasteiger partial charge >= 0.3 is 0 Å². The Morgan fingerprint density at radius 1 is 1.17 bits per heavy atom. The van der Waals surface area contributed by atoms with Crippen molar-refractivity contribution in [1.29, 1.82) is 0 Å². The van der Waals surface area contributed by atoms with Crippen LogP contribution in [-0.2, 0) is 4.79 Å². The van der Waals surface area contributed by atoms with Crippen LogP contribution in [0, 0.1) is 12.3 Å². The SMILES string of the molecule is C#CCNC(=O)c1ccccc1NC(=O)/C=C/c1ccccn1. The lowest BCUT2D eigenvalue weighted by Crippen LogP contribution is -2.25. The first-order valence-corrected chi connectivity index (χ1v) is 6.91. The number of carbonyl (C=O) groups is 2. The van der Waals surface area contributed by atoms with Crippen LogP contribution in [0.1, 0.15) is 16.1 Å². The first kappa shape index (κ1) is 16.0. The highest BCUT2D eigenvalue weighted by molar-refractivity contribution is 6.07. The van der Waals surface area contributed by atoms with Crippen molar-refractivity contribution in [2.24, 2.45) is 0 Å². The van der Waals surface area contributed by atoms with Crippen molar-refractivity contribution in [2.75, 3.05) is 11.9 Å². The van der Waals surface area contributed by atoms with E-state index >= 15 is 0 Å². The second-order valence-electron chi connectivity index (χ2n) is 4.51. The number of hydrogen-bond donors (Lipinski definition) is 2. The van der Waals surface area contributed by atoms with Crippen molar-refractivity contribution in [2.45, 2.75) is 0 Å². The molecule has 114 valence electrons. The number of carbonyl (C=O) groups excluding carboxylic acids is 2. The zero-order valence-electron chi connectivity index (χ0n) is 12.3. The Morgan fingerprint density at radius 3 is 2.70 bits per heavy atom. The number of nitrogens with one attached hydrogen (secondary N) is 2. The maximum Gasteiger partial charge on any atom is 0.254 e. The predicted octanol–water partition coefficient (Wildman–Crippen LogP) is 2.10. The summed E-state index contributed by atoms with van der Waals surface area (Å²) in [7, 11) is 0. The lowest BCUT2D eigenvalue weighted by atomic mass is 10.1. The molecule has 0 aliphatic rings. The molecule has 0 bridgehead atoms. The molecule has 1 aromatic carbocycles. The normalized spacial score (nSPS) is 10.0. The molecule has 0 aliphatic heterocycles. The van der Waals surface area contributed by atoms with E-state index in [0.29, 0.717) is 16.9 Å². The van der Waals surface area contributed by atoms with Gasteiger partial charge in [0.15, 0.2) is 0 Å². The van der Waals surface area contributed by atoms with E-state index in [1.807, 2.05) is 6.07 Å². The fraction of sp³-hybridized carbons (Fsp3) is 0.0556. The minimum atomic E-state index is -0.354. The number of para-hydroxylation sites is 1. The fourth-order valence-corrected chi connectivity index (χ4v) is 1.83. The molecular formula is C18H15N3O2. The number of hydrogen-bond acceptors (Lipinski definition) is 3. The molecule has 0 atom stereocenters. The van der Waals surface area contributed by atoms with Gasteiger partial charge in [0.2, 0.25) is 5.91 Å². The third kappa shape index (κ3) is 4.83. The molecule has 0 saturated heterocycles. The number of amides is 2. The van der Waals surface area contributed by atoms with Crippen molar-refractivity contribution in [1.82, 2.24) is 10.3 Å². The molecule has 1 heterocycles. The second kappa shape index (κ2) is 8.15. The first-order chi connectivity index (χ1) is 11.2. The molecular weight excluding hydrogens is 290 g/mol. The molecule has 5 heteroatoms. The van der Waals surface area contributed by atoms with Crippen LogP contribution in [0.3, 0.4) is 0 Å². The lowest BCUT2D eigenvalue weighted by Gasteiger charge is -2.09. The molecule has 0 saturated carbocycles. The highest BCUT2D eigenvalue weighted by atomic mass is 16.2. The van der Waals surface area contributed by atoms with Crippen LogP contribution >= 0.6 is 0 Å². The highest BCUT2D eigenvalue weighted by Gasteiger charge is 2.11. The topological polar surface area (TPSA) is 71.1 Å². The Bertz CT molecular complexity index is 761. The van der Waals surface area contributed by atoms with Gasteiger partial charge in [-0.2, -0.15) is 0 Å². The van der Waals surface area contributed by atoms with Crippen LogP contribution in [-0.4, -0.2) is 23.3 Å². The Labute approximate surface area is 134 Å². The van der Waals surface area contributed by atoms with Gasteiger partial charge < -0.3 is 10.6 Å². The minimum Gasteiger partial charge on any atom is -0.341 e. The number of anilines is 1. The number of benzene rings is 1. The average Bonchev–Trinajstić information content (AvgIpc) is 2.59. The van der Waals surface area contributed by atoms with E-state index in [2.05, 4.69) is 21.5 Å². The fourth-order valence-electron chi connectivity index (χ4n) is 1.83. The van der Waals surface area contributed by atoms with Crippen molar-refractivity contribution in [3.8, 4) is 12.3 Å². The molecule has 0 radical (unpaired) electrons. The molecule has 2 N–H and O–H groups in total. The van der Waals surface area contributed by atoms with E-state index in [1.54, 1.807) is 48.7 Å². The zero-order chi connectivity index (χ0) is 16.5. The number of terminal acetylenes is 1. The molecule has 2 aromatic rings. The van der Waals surface area contributed by atoms with E-state index in [4.69, 9.17) is 6.42 Å². The van der Waals surface area contributed by atoms with Gasteiger partial charge in [0.1, 0.15) is 0 Å². The summed E-state index contributed by atoms with van der Waals surface area (Å²) in [5, 5.41) is 5.24. The number of rotatable bonds is 5. The van der Waals surface area contributed by atoms with Crippen LogP contribution in [0.15, 0.2) is 54.7 Å². The summed E-state index contributed by atoms with van der Waals surface area (Å²) in [6.07, 6.45) is 9.71. The van der Waals surface area contributed by atoms with E-state index < -0.39 is 0 Å². The molecule has 1 aromatic heterocycles. The minimum absolute atomic E-state index is 0.126. The van der Waals surface area contributed by atoms with Crippen molar-refractivity contribution < 1.29 is 9.59 Å². The maximum atomic E-state index is 12.0. The summed E-state index contributed by atoms with van der Waals surface area (Å²) >= 11 is 0. The second-order valence-corrected chi connectivity index (χ2v) is 4.51. The third-order valence-electron chi connectivity index (χ3n) is 2.87. The predicted molar refractivity (Wildman–Crippen MR) is 89.5 cm³/mol. The summed E-state index contributed by atoms with van der Waals surface area (Å²) in [6, 6.07) is 12.1. The Hall–Kier alpha value is -3.39. The van der Waals surface area contributed by atoms with Gasteiger partial charge in [-0.05, 0) is 30.3 Å². The molecule has 0 spiro atoms. The van der Waals surface area contributed by atoms with E-state index in [0.717, 1.165) is 0 Å². The highest BCUT2D eigenvalue weighted by Crippen LogP contribution is 2.15. The maximum absolute atomic E-state index is 12.0. The molecule has 2 rings (SSSR count). The van der Waals surface area contributed by atoms with Crippen LogP contribution in [0.2, 0.25) is 0 Å². The van der Waals surface area contributed by atoms with Gasteiger partial charge in [-0.3, -0.25) is 14.6 Å². The smallest absolute Gasteiger partial charge is 0.254 e. The quantitative estimate of drug-likeness (QED) is 0.656. The largest absolute Gasteiger partial charge is 0.341 e. The summed E-state index contributed by atoms with van der Waals surface area (Å²) < 4.78 is 0. The van der Waals surface area contributed by atoms with Crippen molar-refractivity contribution >= 4 is 23.6 Å². The Balaban J connectivity index is 2.08. The van der Waals surface area contributed by atoms with Crippen LogP contribution in [0.4, 0.5) is 5.69 Å². The van der Waals surface area contributed by atoms with E-state index in [1.165, 1.54) is 6.08 Å². The molecule has 23 heavy (non-hydrogen) atoms. The first-order valence-electron chi connectivity index (χ1n) is 6.91. The van der Waals surface area contributed by atoms with Crippen molar-refractivity contribution in [3.05, 3.63) is 66.0 Å². The molecule has 5 nitrogen and oxygen atoms in total. The molecule has 2 amide bonds. The average molecular weight is 305 g/mol. The zero-order valence-corrected chi connectivity index (χ0v) is 12.3. The lowest BCUT2D eigenvalue weighted by molar-refractivity contribution is -0.111. The summed E-state index contributed by atoms with van der Waals surface area (Å²) in [6.45, 7) is 0.126. The number of aromatic nitrogens is 1. The van der Waals surface area contributed by atoms with Gasteiger partial charge in [0, 0.05) is 12.3 Å². The van der Waals surface area contributed by atoms with Crippen molar-refractivity contribution in [3.63, 3.8) is 0 Å². The monoisotopic (exact) mass is 305 g/mol. The standard InChI is InChI=1S/C18H15N3O2/c1-2-12-20-18(23)15-8-3-4-9-16(15)21-17(22)11-10-14-7-5-6-13-19-14/h1,3-11,13H,12H2,(H,20,23)(H,21,22)/b11-10+. The number of pyridine rings is 1. The van der Waals surface area contributed by atoms with E-state index in [-0.39, 0.29) is 18.4 Å². The summed E-state index contributed by atoms with van der Waals surface area (Å²) in [4.78, 5) is 28.1. The van der Waals surface area contributed by atoms with Gasteiger partial charge in [-0.25, -0.2) is 0 Å². The Kier molecular flexibility index (Phi) is 5.67. The third-order valence-corrected chi connectivity index (χ3v) is 2.87. The molecule has 0 unspecified atom stereocenters. The van der Waals surface area contributed by atoms with Gasteiger partial charge in [0.05, 0.1) is 23.5 Å². The van der Waals surface area contributed by atoms with Gasteiger partial charge in [0.25, 0.3) is 5.91 Å². The van der Waals surface area contributed by atoms with E-state index in [9.17, 15) is 9.59 Å². The van der Waals surface area contributed by atoms with Gasteiger partial charge in [-0.1, -0.05) is 24.1 Å².